The fraction of sp³-hybridized carbons (Fsp3) is 0.440. The van der Waals surface area contributed by atoms with Gasteiger partial charge in [0, 0.05) is 43.4 Å². The van der Waals surface area contributed by atoms with Gasteiger partial charge in [-0.3, -0.25) is 4.79 Å². The number of nitrogens with one attached hydrogen (secondary N) is 2. The Hall–Kier alpha value is -2.49. The molecule has 2 N–H and O–H groups in total. The Morgan fingerprint density at radius 3 is 2.36 bits per heavy atom. The Labute approximate surface area is 214 Å². The van der Waals surface area contributed by atoms with E-state index in [1.165, 1.54) is 6.42 Å². The number of benzene rings is 2. The van der Waals surface area contributed by atoms with Gasteiger partial charge >= 0.3 is 0 Å². The zero-order valence-corrected chi connectivity index (χ0v) is 22.1. The van der Waals surface area contributed by atoms with Gasteiger partial charge in [0.15, 0.2) is 5.96 Å². The minimum absolute atomic E-state index is 0. The van der Waals surface area contributed by atoms with E-state index in [1.54, 1.807) is 14.2 Å². The molecule has 1 aliphatic rings. The van der Waals surface area contributed by atoms with Crippen molar-refractivity contribution < 1.29 is 14.3 Å². The van der Waals surface area contributed by atoms with Crippen LogP contribution in [0.1, 0.15) is 47.7 Å². The molecule has 0 spiro atoms. The summed E-state index contributed by atoms with van der Waals surface area (Å²) in [5.74, 6) is 2.37. The summed E-state index contributed by atoms with van der Waals surface area (Å²) in [5, 5.41) is 6.62. The Morgan fingerprint density at radius 1 is 1.00 bits per heavy atom. The van der Waals surface area contributed by atoms with Crippen molar-refractivity contribution in [1.29, 1.82) is 0 Å². The van der Waals surface area contributed by atoms with Crippen LogP contribution in [0.4, 0.5) is 0 Å². The maximum absolute atomic E-state index is 12.6. The number of carbonyl (C=O) groups is 1. The number of carbonyl (C=O) groups excluding carboxylic acids is 1. The maximum Gasteiger partial charge on any atom is 0.253 e. The number of ether oxygens (including phenoxy) is 2. The summed E-state index contributed by atoms with van der Waals surface area (Å²) in [4.78, 5) is 19.3. The van der Waals surface area contributed by atoms with Crippen LogP contribution in [-0.4, -0.2) is 50.6 Å². The van der Waals surface area contributed by atoms with Crippen molar-refractivity contribution in [3.05, 3.63) is 59.2 Å². The standard InChI is InChI=1S/C25H34N4O3.HI/c1-4-26-25(28-18-21-12-13-22(31-2)16-23(21)32-3)27-17-19-8-10-20(11-9-19)24(30)29-14-6-5-7-15-29;/h8-13,16H,4-7,14-15,17-18H2,1-3H3,(H2,26,27,28);1H. The molecule has 180 valence electrons. The topological polar surface area (TPSA) is 75.2 Å². The predicted molar refractivity (Wildman–Crippen MR) is 143 cm³/mol. The van der Waals surface area contributed by atoms with Crippen molar-refractivity contribution in [2.24, 2.45) is 4.99 Å². The smallest absolute Gasteiger partial charge is 0.253 e. The van der Waals surface area contributed by atoms with E-state index in [0.29, 0.717) is 13.1 Å². The van der Waals surface area contributed by atoms with E-state index in [-0.39, 0.29) is 29.9 Å². The van der Waals surface area contributed by atoms with Crippen molar-refractivity contribution in [3.8, 4) is 11.5 Å². The maximum atomic E-state index is 12.6. The van der Waals surface area contributed by atoms with E-state index in [1.807, 2.05) is 54.3 Å². The van der Waals surface area contributed by atoms with Crippen LogP contribution < -0.4 is 20.1 Å². The molecule has 2 aromatic rings. The largest absolute Gasteiger partial charge is 0.497 e. The SMILES string of the molecule is CCNC(=NCc1ccc(C(=O)N2CCCCC2)cc1)NCc1ccc(OC)cc1OC.I. The quantitative estimate of drug-likeness (QED) is 0.285. The first-order chi connectivity index (χ1) is 15.6. The van der Waals surface area contributed by atoms with Gasteiger partial charge in [-0.2, -0.15) is 0 Å². The second-order valence-corrected chi connectivity index (χ2v) is 7.78. The summed E-state index contributed by atoms with van der Waals surface area (Å²) in [5.41, 5.74) is 2.81. The fourth-order valence-corrected chi connectivity index (χ4v) is 3.72. The van der Waals surface area contributed by atoms with Gasteiger partial charge in [0.05, 0.1) is 20.8 Å². The fourth-order valence-electron chi connectivity index (χ4n) is 3.72. The molecule has 1 aliphatic heterocycles. The molecular weight excluding hydrogens is 531 g/mol. The van der Waals surface area contributed by atoms with E-state index in [9.17, 15) is 4.79 Å². The lowest BCUT2D eigenvalue weighted by Gasteiger charge is -2.26. The third kappa shape index (κ3) is 7.80. The molecule has 1 fully saturated rings. The van der Waals surface area contributed by atoms with Gasteiger partial charge in [0.2, 0.25) is 0 Å². The highest BCUT2D eigenvalue weighted by atomic mass is 127. The van der Waals surface area contributed by atoms with Crippen molar-refractivity contribution in [1.82, 2.24) is 15.5 Å². The van der Waals surface area contributed by atoms with Gasteiger partial charge in [0.1, 0.15) is 11.5 Å². The first-order valence-corrected chi connectivity index (χ1v) is 11.3. The third-order valence-electron chi connectivity index (χ3n) is 5.55. The Morgan fingerprint density at radius 2 is 1.73 bits per heavy atom. The molecule has 2 aromatic carbocycles. The lowest BCUT2D eigenvalue weighted by Crippen LogP contribution is -2.36. The van der Waals surface area contributed by atoms with Gasteiger partial charge in [-0.1, -0.05) is 12.1 Å². The number of piperidine rings is 1. The predicted octanol–water partition coefficient (Wildman–Crippen LogP) is 4.20. The number of rotatable bonds is 8. The number of guanidine groups is 1. The summed E-state index contributed by atoms with van der Waals surface area (Å²) in [6.45, 7) is 5.61. The number of hydrogen-bond donors (Lipinski definition) is 2. The third-order valence-corrected chi connectivity index (χ3v) is 5.55. The monoisotopic (exact) mass is 566 g/mol. The molecule has 33 heavy (non-hydrogen) atoms. The van der Waals surface area contributed by atoms with Gasteiger partial charge in [0.25, 0.3) is 5.91 Å². The van der Waals surface area contributed by atoms with Crippen LogP contribution >= 0.6 is 24.0 Å². The van der Waals surface area contributed by atoms with Crippen molar-refractivity contribution >= 4 is 35.8 Å². The molecular formula is C25H35IN4O3. The minimum Gasteiger partial charge on any atom is -0.497 e. The van der Waals surface area contributed by atoms with Gasteiger partial charge in [-0.25, -0.2) is 4.99 Å². The van der Waals surface area contributed by atoms with E-state index in [2.05, 4.69) is 15.6 Å². The average Bonchev–Trinajstić information content (AvgIpc) is 2.86. The number of nitrogens with zero attached hydrogens (tertiary/aromatic N) is 2. The molecule has 7 nitrogen and oxygen atoms in total. The lowest BCUT2D eigenvalue weighted by atomic mass is 10.1. The normalized spacial score (nSPS) is 13.7. The zero-order valence-electron chi connectivity index (χ0n) is 19.7. The molecule has 1 saturated heterocycles. The van der Waals surface area contributed by atoms with Crippen molar-refractivity contribution in [3.63, 3.8) is 0 Å². The van der Waals surface area contributed by atoms with Crippen LogP contribution in [-0.2, 0) is 13.1 Å². The minimum atomic E-state index is 0. The number of methoxy groups -OCH3 is 2. The lowest BCUT2D eigenvalue weighted by molar-refractivity contribution is 0.0724. The van der Waals surface area contributed by atoms with Crippen LogP contribution in [0, 0.1) is 0 Å². The summed E-state index contributed by atoms with van der Waals surface area (Å²) < 4.78 is 10.7. The first-order valence-electron chi connectivity index (χ1n) is 11.3. The van der Waals surface area contributed by atoms with E-state index < -0.39 is 0 Å². The van der Waals surface area contributed by atoms with Gasteiger partial charge in [-0.15, -0.1) is 24.0 Å². The number of halogens is 1. The molecule has 3 rings (SSSR count). The molecule has 0 atom stereocenters. The first kappa shape index (κ1) is 26.8. The van der Waals surface area contributed by atoms with Crippen LogP contribution in [0.5, 0.6) is 11.5 Å². The van der Waals surface area contributed by atoms with Gasteiger partial charge in [-0.05, 0) is 56.0 Å². The number of aliphatic imine (C=N–C) groups is 1. The van der Waals surface area contributed by atoms with Crippen LogP contribution in [0.15, 0.2) is 47.5 Å². The van der Waals surface area contributed by atoms with E-state index in [4.69, 9.17) is 9.47 Å². The highest BCUT2D eigenvalue weighted by Gasteiger charge is 2.17. The van der Waals surface area contributed by atoms with Crippen LogP contribution in [0.25, 0.3) is 0 Å². The van der Waals surface area contributed by atoms with Crippen LogP contribution in [0.2, 0.25) is 0 Å². The molecule has 0 radical (unpaired) electrons. The Kier molecular flexibility index (Phi) is 11.3. The molecule has 8 heteroatoms. The highest BCUT2D eigenvalue weighted by Crippen LogP contribution is 2.24. The van der Waals surface area contributed by atoms with Crippen LogP contribution in [0.3, 0.4) is 0 Å². The molecule has 1 amide bonds. The molecule has 1 heterocycles. The average molecular weight is 566 g/mol. The molecule has 0 bridgehead atoms. The molecule has 0 saturated carbocycles. The highest BCUT2D eigenvalue weighted by molar-refractivity contribution is 14.0. The molecule has 0 aromatic heterocycles. The zero-order chi connectivity index (χ0) is 22.8. The van der Waals surface area contributed by atoms with Crippen molar-refractivity contribution in [2.75, 3.05) is 33.9 Å². The molecule has 0 aliphatic carbocycles. The number of hydrogen-bond acceptors (Lipinski definition) is 4. The number of amides is 1. The second-order valence-electron chi connectivity index (χ2n) is 7.78. The Balaban J connectivity index is 0.00000385. The number of likely N-dealkylation sites (tertiary alicyclic amines) is 1. The molecule has 0 unspecified atom stereocenters. The second kappa shape index (κ2) is 13.9. The summed E-state index contributed by atoms with van der Waals surface area (Å²) >= 11 is 0. The van der Waals surface area contributed by atoms with E-state index in [0.717, 1.165) is 66.6 Å². The van der Waals surface area contributed by atoms with Crippen molar-refractivity contribution in [2.45, 2.75) is 39.3 Å². The Bertz CT molecular complexity index is 912. The summed E-state index contributed by atoms with van der Waals surface area (Å²) in [7, 11) is 3.29. The van der Waals surface area contributed by atoms with Gasteiger partial charge < -0.3 is 25.0 Å². The summed E-state index contributed by atoms with van der Waals surface area (Å²) in [6.07, 6.45) is 3.41. The van der Waals surface area contributed by atoms with E-state index >= 15 is 0 Å². The summed E-state index contributed by atoms with van der Waals surface area (Å²) in [6, 6.07) is 13.5.